The van der Waals surface area contributed by atoms with Gasteiger partial charge in [0.2, 0.25) is 29.5 Å². The van der Waals surface area contributed by atoms with Crippen molar-refractivity contribution >= 4 is 59.5 Å². The molecule has 1 aliphatic carbocycles. The van der Waals surface area contributed by atoms with Crippen LogP contribution in [0.5, 0.6) is 5.75 Å². The molecule has 0 saturated heterocycles. The normalized spacial score (nSPS) is 14.5. The van der Waals surface area contributed by atoms with Crippen LogP contribution in [0.3, 0.4) is 0 Å². The molecule has 0 fully saturated rings. The summed E-state index contributed by atoms with van der Waals surface area (Å²) in [6, 6.07) is 15.5. The van der Waals surface area contributed by atoms with E-state index in [4.69, 9.17) is 14.2 Å². The van der Waals surface area contributed by atoms with Gasteiger partial charge in [-0.1, -0.05) is 88.4 Å². The van der Waals surface area contributed by atoms with E-state index >= 15 is 0 Å². The van der Waals surface area contributed by atoms with Gasteiger partial charge in [-0.25, -0.2) is 14.4 Å². The molecule has 428 valence electrons. The average Bonchev–Trinajstić information content (AvgIpc) is 3.78. The number of carboxylic acid groups (broad SMARTS) is 1. The van der Waals surface area contributed by atoms with Crippen LogP contribution >= 0.6 is 11.8 Å². The van der Waals surface area contributed by atoms with E-state index in [-0.39, 0.29) is 50.7 Å². The highest BCUT2D eigenvalue weighted by atomic mass is 32.2. The summed E-state index contributed by atoms with van der Waals surface area (Å²) in [5.74, 6) is -4.64. The van der Waals surface area contributed by atoms with E-state index in [1.807, 2.05) is 89.4 Å². The van der Waals surface area contributed by atoms with Crippen molar-refractivity contribution in [2.75, 3.05) is 25.2 Å². The second-order valence-corrected chi connectivity index (χ2v) is 23.4. The number of hydrogen-bond acceptors (Lipinski definition) is 12. The van der Waals surface area contributed by atoms with Gasteiger partial charge < -0.3 is 56.5 Å². The number of aliphatic carboxylic acids is 1. The van der Waals surface area contributed by atoms with Crippen molar-refractivity contribution in [3.8, 4) is 16.9 Å². The van der Waals surface area contributed by atoms with Crippen LogP contribution in [0, 0.1) is 11.8 Å². The number of carbonyl (C=O) groups excluding carboxylic acids is 7. The molecule has 8 N–H and O–H groups in total. The summed E-state index contributed by atoms with van der Waals surface area (Å²) >= 11 is 1.44. The summed E-state index contributed by atoms with van der Waals surface area (Å²) in [5, 5.41) is 29.0. The van der Waals surface area contributed by atoms with Crippen molar-refractivity contribution in [3.05, 3.63) is 89.5 Å². The third-order valence-electron chi connectivity index (χ3n) is 12.5. The van der Waals surface area contributed by atoms with Gasteiger partial charge in [-0.3, -0.25) is 24.0 Å². The minimum atomic E-state index is -1.31. The Kier molecular flexibility index (Phi) is 24.3. The van der Waals surface area contributed by atoms with E-state index in [2.05, 4.69) is 37.2 Å². The predicted octanol–water partition coefficient (Wildman–Crippen LogP) is 6.99. The zero-order chi connectivity index (χ0) is 57.9. The molecule has 0 heterocycles. The highest BCUT2D eigenvalue weighted by molar-refractivity contribution is 7.98. The molecule has 4 rings (SSSR count). The maximum Gasteiger partial charge on any atom is 0.407 e. The smallest absolute Gasteiger partial charge is 0.407 e. The lowest BCUT2D eigenvalue weighted by molar-refractivity contribution is -0.142. The molecule has 0 radical (unpaired) electrons. The molecule has 0 aromatic heterocycles. The van der Waals surface area contributed by atoms with Crippen molar-refractivity contribution < 1.29 is 57.7 Å². The van der Waals surface area contributed by atoms with Crippen LogP contribution in [0.25, 0.3) is 11.1 Å². The SMILES string of the molecule is CSCC[C@H](NC(=O)[C@H](C)NC(=O)OCC1c2ccccc2-c2ccccc21)C(=O)N[C@H](C(=O)N[C@@H](Cc1ccc(OC(C)(C)C)cc1)C(=O)N[C@@H](CC(C)C)C(=O)N[C@@H](CCCCNC(=O)OC(C)(C)C)C(=O)O)C(C)C. The monoisotopic (exact) mass is 1100 g/mol. The van der Waals surface area contributed by atoms with Crippen molar-refractivity contribution in [1.82, 2.24) is 37.2 Å². The standard InChI is InChI=1S/C58H83N7O12S/c1-34(2)31-46(51(68)62-45(54(71)72)23-17-18-29-59-55(73)77-58(9,10)11)63-52(69)47(32-37-24-26-38(27-25-37)76-57(6,7)8)64-53(70)48(35(3)4)65-50(67)44(28-30-78-12)61-49(66)36(5)60-56(74)75-33-43-41-21-15-13-19-39(41)40-20-14-16-22-42(40)43/h13-16,19-22,24-27,34-36,43-48H,17-18,23,28-33H2,1-12H3,(H,59,73)(H,60,74)(H,61,66)(H,62,68)(H,63,69)(H,64,70)(H,65,67)(H,71,72)/t36-,44-,45-,46-,47-,48-/m0/s1. The highest BCUT2D eigenvalue weighted by Gasteiger charge is 2.35. The summed E-state index contributed by atoms with van der Waals surface area (Å²) < 4.78 is 16.9. The van der Waals surface area contributed by atoms with E-state index < -0.39 is 101 Å². The van der Waals surface area contributed by atoms with E-state index in [9.17, 15) is 43.5 Å². The van der Waals surface area contributed by atoms with E-state index in [0.717, 1.165) is 22.3 Å². The van der Waals surface area contributed by atoms with E-state index in [1.54, 1.807) is 58.9 Å². The van der Waals surface area contributed by atoms with Crippen molar-refractivity contribution in [2.24, 2.45) is 11.8 Å². The fourth-order valence-corrected chi connectivity index (χ4v) is 9.18. The molecule has 0 spiro atoms. The third kappa shape index (κ3) is 20.8. The second kappa shape index (κ2) is 29.8. The van der Waals surface area contributed by atoms with Crippen LogP contribution in [-0.4, -0.2) is 125 Å². The van der Waals surface area contributed by atoms with Crippen molar-refractivity contribution in [3.63, 3.8) is 0 Å². The van der Waals surface area contributed by atoms with Gasteiger partial charge in [-0.05, 0) is 144 Å². The zero-order valence-electron chi connectivity index (χ0n) is 47.3. The molecule has 0 unspecified atom stereocenters. The maximum absolute atomic E-state index is 14.5. The lowest BCUT2D eigenvalue weighted by Crippen LogP contribution is -2.60. The number of nitrogens with one attached hydrogen (secondary N) is 7. The van der Waals surface area contributed by atoms with Crippen LogP contribution in [-0.2, 0) is 44.7 Å². The number of alkyl carbamates (subject to hydrolysis) is 2. The molecule has 0 saturated carbocycles. The number of amides is 7. The molecule has 1 aliphatic rings. The Labute approximate surface area is 464 Å². The van der Waals surface area contributed by atoms with Crippen molar-refractivity contribution in [2.45, 2.75) is 168 Å². The second-order valence-electron chi connectivity index (χ2n) is 22.4. The average molecular weight is 1100 g/mol. The number of thioether (sulfide) groups is 1. The molecule has 3 aromatic rings. The molecule has 6 atom stereocenters. The Morgan fingerprint density at radius 3 is 1.71 bits per heavy atom. The van der Waals surface area contributed by atoms with Crippen molar-refractivity contribution in [1.29, 1.82) is 0 Å². The highest BCUT2D eigenvalue weighted by Crippen LogP contribution is 2.44. The molecule has 78 heavy (non-hydrogen) atoms. The number of ether oxygens (including phenoxy) is 3. The molecular weight excluding hydrogens is 1020 g/mol. The van der Waals surface area contributed by atoms with Crippen LogP contribution in [0.2, 0.25) is 0 Å². The Morgan fingerprint density at radius 1 is 0.603 bits per heavy atom. The molecule has 20 heteroatoms. The van der Waals surface area contributed by atoms with Gasteiger partial charge in [0.15, 0.2) is 0 Å². The largest absolute Gasteiger partial charge is 0.488 e. The Hall–Kier alpha value is -6.83. The first-order valence-electron chi connectivity index (χ1n) is 26.8. The molecular formula is C58H83N7O12S. The summed E-state index contributed by atoms with van der Waals surface area (Å²) in [7, 11) is 0. The van der Waals surface area contributed by atoms with Crippen LogP contribution in [0.4, 0.5) is 9.59 Å². The minimum Gasteiger partial charge on any atom is -0.488 e. The molecule has 7 amide bonds. The van der Waals surface area contributed by atoms with Gasteiger partial charge in [0.05, 0.1) is 0 Å². The summed E-state index contributed by atoms with van der Waals surface area (Å²) in [4.78, 5) is 108. The van der Waals surface area contributed by atoms with Gasteiger partial charge in [0.25, 0.3) is 0 Å². The number of carboxylic acids is 1. The van der Waals surface area contributed by atoms with E-state index in [0.29, 0.717) is 29.9 Å². The molecule has 0 aliphatic heterocycles. The lowest BCUT2D eigenvalue weighted by atomic mass is 9.98. The fraction of sp³-hybridized carbons (Fsp3) is 0.552. The van der Waals surface area contributed by atoms with Crippen LogP contribution in [0.15, 0.2) is 72.8 Å². The maximum atomic E-state index is 14.5. The third-order valence-corrected chi connectivity index (χ3v) is 13.2. The molecule has 19 nitrogen and oxygen atoms in total. The number of benzene rings is 3. The number of rotatable bonds is 28. The number of fused-ring (bicyclic) bond motifs is 3. The van der Waals surface area contributed by atoms with E-state index in [1.165, 1.54) is 18.7 Å². The first-order valence-corrected chi connectivity index (χ1v) is 28.2. The minimum absolute atomic E-state index is 0.0359. The quantitative estimate of drug-likeness (QED) is 0.0341. The molecule has 3 aromatic carbocycles. The number of carbonyl (C=O) groups is 8. The van der Waals surface area contributed by atoms with Crippen LogP contribution < -0.4 is 42.0 Å². The number of hydrogen-bond donors (Lipinski definition) is 8. The number of unbranched alkanes of at least 4 members (excludes halogenated alkanes) is 1. The van der Waals surface area contributed by atoms with Crippen LogP contribution in [0.1, 0.15) is 131 Å². The fourth-order valence-electron chi connectivity index (χ4n) is 8.71. The zero-order valence-corrected chi connectivity index (χ0v) is 48.2. The Morgan fingerprint density at radius 2 is 1.15 bits per heavy atom. The van der Waals surface area contributed by atoms with Gasteiger partial charge in [0.1, 0.15) is 59.8 Å². The Bertz CT molecular complexity index is 2480. The lowest BCUT2D eigenvalue weighted by Gasteiger charge is -2.29. The summed E-state index contributed by atoms with van der Waals surface area (Å²) in [5.41, 5.74) is 3.65. The van der Waals surface area contributed by atoms with Gasteiger partial charge in [0, 0.05) is 18.9 Å². The predicted molar refractivity (Wildman–Crippen MR) is 301 cm³/mol. The van der Waals surface area contributed by atoms with Gasteiger partial charge >= 0.3 is 18.2 Å². The summed E-state index contributed by atoms with van der Waals surface area (Å²) in [6.07, 6.45) is 1.45. The first-order chi connectivity index (χ1) is 36.7. The Balaban J connectivity index is 1.47. The van der Waals surface area contributed by atoms with Gasteiger partial charge in [-0.2, -0.15) is 11.8 Å². The topological polar surface area (TPSA) is 269 Å². The summed E-state index contributed by atoms with van der Waals surface area (Å²) in [6.45, 7) is 19.8. The first kappa shape index (κ1) is 63.7. The van der Waals surface area contributed by atoms with Gasteiger partial charge in [-0.15, -0.1) is 0 Å². The molecule has 0 bridgehead atoms.